The van der Waals surface area contributed by atoms with Gasteiger partial charge < -0.3 is 10.2 Å². The van der Waals surface area contributed by atoms with Gasteiger partial charge in [0.1, 0.15) is 6.10 Å². The number of hydrogen-bond donors (Lipinski definition) is 2. The summed E-state index contributed by atoms with van der Waals surface area (Å²) < 4.78 is 0. The summed E-state index contributed by atoms with van der Waals surface area (Å²) in [6.07, 6.45) is 4.07. The summed E-state index contributed by atoms with van der Waals surface area (Å²) in [5.41, 5.74) is 2.55. The van der Waals surface area contributed by atoms with Crippen LogP contribution in [0.3, 0.4) is 0 Å². The van der Waals surface area contributed by atoms with E-state index in [1.54, 1.807) is 0 Å². The van der Waals surface area contributed by atoms with E-state index >= 15 is 0 Å². The molecule has 0 unspecified atom stereocenters. The molecule has 2 rings (SSSR count). The molecule has 2 atom stereocenters. The summed E-state index contributed by atoms with van der Waals surface area (Å²) in [6.45, 7) is 2.10. The van der Waals surface area contributed by atoms with Crippen LogP contribution in [0.4, 0.5) is 0 Å². The third-order valence-corrected chi connectivity index (χ3v) is 3.39. The third kappa shape index (κ3) is 1.85. The van der Waals surface area contributed by atoms with Crippen LogP contribution in [0.2, 0.25) is 0 Å². The molecule has 0 aliphatic heterocycles. The van der Waals surface area contributed by atoms with Crippen LogP contribution in [-0.4, -0.2) is 28.2 Å². The number of allylic oxidation sites excluding steroid dienone is 3. The molecule has 0 spiro atoms. The molecule has 0 saturated carbocycles. The minimum absolute atomic E-state index is 0.0106. The van der Waals surface area contributed by atoms with Gasteiger partial charge in [-0.25, -0.2) is 0 Å². The van der Waals surface area contributed by atoms with Gasteiger partial charge in [-0.3, -0.25) is 4.79 Å². The molecule has 3 nitrogen and oxygen atoms in total. The van der Waals surface area contributed by atoms with E-state index in [9.17, 15) is 15.0 Å². The highest BCUT2D eigenvalue weighted by Gasteiger charge is 2.38. The maximum atomic E-state index is 11.8. The lowest BCUT2D eigenvalue weighted by Gasteiger charge is -2.24. The zero-order valence-electron chi connectivity index (χ0n) is 9.57. The number of rotatable bonds is 2. The van der Waals surface area contributed by atoms with Gasteiger partial charge in [-0.15, -0.1) is 0 Å². The molecule has 88 valence electrons. The molecule has 16 heavy (non-hydrogen) atoms. The second kappa shape index (κ2) is 4.52. The Labute approximate surface area is 95.5 Å². The standard InChI is InChI=1S/C13H18O3/c1-2-3-4-8-7-11(15)12-9(8)5-6-10(14)13(12)16/h4,10,13-14,16H,2-3,5-7H2,1H3/b8-4-/t10-,13-/m1/s1. The van der Waals surface area contributed by atoms with Crippen LogP contribution in [0.15, 0.2) is 22.8 Å². The van der Waals surface area contributed by atoms with Gasteiger partial charge in [0.15, 0.2) is 5.78 Å². The Morgan fingerprint density at radius 1 is 1.44 bits per heavy atom. The molecule has 0 heterocycles. The first-order valence-corrected chi connectivity index (χ1v) is 5.97. The zero-order valence-corrected chi connectivity index (χ0v) is 9.57. The topological polar surface area (TPSA) is 57.5 Å². The average molecular weight is 222 g/mol. The Bertz CT molecular complexity index is 365. The lowest BCUT2D eigenvalue weighted by atomic mass is 9.87. The van der Waals surface area contributed by atoms with E-state index in [0.717, 1.165) is 30.4 Å². The average Bonchev–Trinajstić information content (AvgIpc) is 2.58. The van der Waals surface area contributed by atoms with Gasteiger partial charge in [0.2, 0.25) is 0 Å². The summed E-state index contributed by atoms with van der Waals surface area (Å²) in [4.78, 5) is 11.8. The number of aliphatic hydroxyl groups is 2. The lowest BCUT2D eigenvalue weighted by molar-refractivity contribution is -0.116. The van der Waals surface area contributed by atoms with Gasteiger partial charge in [0, 0.05) is 12.0 Å². The number of aliphatic hydroxyl groups excluding tert-OH is 2. The molecule has 2 aliphatic rings. The molecule has 0 radical (unpaired) electrons. The molecule has 2 N–H and O–H groups in total. The van der Waals surface area contributed by atoms with Crippen molar-refractivity contribution in [2.24, 2.45) is 0 Å². The Kier molecular flexibility index (Phi) is 3.26. The predicted octanol–water partition coefficient (Wildman–Crippen LogP) is 1.50. The van der Waals surface area contributed by atoms with Crippen LogP contribution in [0.1, 0.15) is 39.0 Å². The summed E-state index contributed by atoms with van der Waals surface area (Å²) in [5.74, 6) is -0.0106. The minimum atomic E-state index is -0.969. The lowest BCUT2D eigenvalue weighted by Crippen LogP contribution is -2.33. The number of hydrogen-bond acceptors (Lipinski definition) is 3. The van der Waals surface area contributed by atoms with Crippen molar-refractivity contribution in [3.8, 4) is 0 Å². The van der Waals surface area contributed by atoms with Gasteiger partial charge in [-0.05, 0) is 30.4 Å². The van der Waals surface area contributed by atoms with E-state index in [-0.39, 0.29) is 5.78 Å². The first-order valence-electron chi connectivity index (χ1n) is 5.97. The number of carbonyl (C=O) groups excluding carboxylic acids is 1. The zero-order chi connectivity index (χ0) is 11.7. The number of ketones is 1. The normalized spacial score (nSPS) is 32.4. The largest absolute Gasteiger partial charge is 0.390 e. The van der Waals surface area contributed by atoms with Crippen molar-refractivity contribution in [2.75, 3.05) is 0 Å². The third-order valence-electron chi connectivity index (χ3n) is 3.39. The van der Waals surface area contributed by atoms with E-state index < -0.39 is 12.2 Å². The van der Waals surface area contributed by atoms with Crippen molar-refractivity contribution < 1.29 is 15.0 Å². The minimum Gasteiger partial charge on any atom is -0.390 e. The van der Waals surface area contributed by atoms with Gasteiger partial charge in [0.05, 0.1) is 6.10 Å². The monoisotopic (exact) mass is 222 g/mol. The van der Waals surface area contributed by atoms with E-state index in [1.807, 2.05) is 0 Å². The van der Waals surface area contributed by atoms with Gasteiger partial charge in [-0.1, -0.05) is 19.4 Å². The molecule has 0 bridgehead atoms. The predicted molar refractivity (Wildman–Crippen MR) is 60.9 cm³/mol. The first-order chi connectivity index (χ1) is 7.65. The van der Waals surface area contributed by atoms with Crippen LogP contribution in [0.25, 0.3) is 0 Å². The second-order valence-corrected chi connectivity index (χ2v) is 4.56. The van der Waals surface area contributed by atoms with Crippen molar-refractivity contribution in [3.63, 3.8) is 0 Å². The maximum absolute atomic E-state index is 11.8. The molecule has 0 amide bonds. The Morgan fingerprint density at radius 2 is 2.19 bits per heavy atom. The molecule has 0 saturated heterocycles. The smallest absolute Gasteiger partial charge is 0.166 e. The van der Waals surface area contributed by atoms with Gasteiger partial charge in [-0.2, -0.15) is 0 Å². The quantitative estimate of drug-likeness (QED) is 0.744. The summed E-state index contributed by atoms with van der Waals surface area (Å²) in [5, 5.41) is 19.4. The van der Waals surface area contributed by atoms with Crippen molar-refractivity contribution >= 4 is 5.78 Å². The summed E-state index contributed by atoms with van der Waals surface area (Å²) in [7, 11) is 0. The second-order valence-electron chi connectivity index (χ2n) is 4.56. The molecule has 0 aromatic carbocycles. The fourth-order valence-electron chi connectivity index (χ4n) is 2.51. The number of carbonyl (C=O) groups is 1. The molecule has 0 aromatic heterocycles. The fraction of sp³-hybridized carbons (Fsp3) is 0.615. The van der Waals surface area contributed by atoms with E-state index in [4.69, 9.17) is 0 Å². The summed E-state index contributed by atoms with van der Waals surface area (Å²) >= 11 is 0. The van der Waals surface area contributed by atoms with Crippen LogP contribution in [-0.2, 0) is 4.79 Å². The van der Waals surface area contributed by atoms with Crippen molar-refractivity contribution in [1.29, 1.82) is 0 Å². The SMILES string of the molecule is CCC/C=C1/CC(=O)C2=C1CC[C@@H](O)[C@H]2O. The van der Waals surface area contributed by atoms with E-state index in [2.05, 4.69) is 13.0 Å². The van der Waals surface area contributed by atoms with E-state index in [1.165, 1.54) is 0 Å². The highest BCUT2D eigenvalue weighted by atomic mass is 16.3. The Morgan fingerprint density at radius 3 is 2.88 bits per heavy atom. The van der Waals surface area contributed by atoms with E-state index in [0.29, 0.717) is 18.4 Å². The van der Waals surface area contributed by atoms with Crippen molar-refractivity contribution in [3.05, 3.63) is 22.8 Å². The van der Waals surface area contributed by atoms with Crippen molar-refractivity contribution in [2.45, 2.75) is 51.2 Å². The molecular weight excluding hydrogens is 204 g/mol. The number of Topliss-reactive ketones (excluding diaryl/α,β-unsaturated/α-hetero) is 1. The van der Waals surface area contributed by atoms with Gasteiger partial charge >= 0.3 is 0 Å². The molecule has 3 heteroatoms. The van der Waals surface area contributed by atoms with Gasteiger partial charge in [0.25, 0.3) is 0 Å². The highest BCUT2D eigenvalue weighted by Crippen LogP contribution is 2.39. The summed E-state index contributed by atoms with van der Waals surface area (Å²) in [6, 6.07) is 0. The Balaban J connectivity index is 2.31. The van der Waals surface area contributed by atoms with Crippen LogP contribution < -0.4 is 0 Å². The first kappa shape index (κ1) is 11.6. The van der Waals surface area contributed by atoms with Crippen molar-refractivity contribution in [1.82, 2.24) is 0 Å². The Hall–Kier alpha value is -0.930. The molecule has 0 fully saturated rings. The fourth-order valence-corrected chi connectivity index (χ4v) is 2.51. The molecular formula is C13H18O3. The highest BCUT2D eigenvalue weighted by molar-refractivity contribution is 6.03. The molecule has 0 aromatic rings. The maximum Gasteiger partial charge on any atom is 0.166 e. The molecule has 2 aliphatic carbocycles. The van der Waals surface area contributed by atoms with Crippen LogP contribution in [0, 0.1) is 0 Å². The number of unbranched alkanes of at least 4 members (excludes halogenated alkanes) is 1. The van der Waals surface area contributed by atoms with Crippen LogP contribution >= 0.6 is 0 Å². The van der Waals surface area contributed by atoms with Crippen LogP contribution in [0.5, 0.6) is 0 Å².